The number of hydrogen-bond donors (Lipinski definition) is 5. The Hall–Kier alpha value is -1.21. The minimum Gasteiger partial charge on any atom is -0.379 e. The highest BCUT2D eigenvalue weighted by Crippen LogP contribution is 2.32. The quantitative estimate of drug-likeness (QED) is 0.0848. The first kappa shape index (κ1) is 30.0. The van der Waals surface area contributed by atoms with Crippen molar-refractivity contribution in [3.63, 3.8) is 0 Å². The van der Waals surface area contributed by atoms with Crippen LogP contribution in [0.25, 0.3) is 0 Å². The standard InChI is InChI=1S/C23H42N4O6S2/c28-20(24-8-2-1-5-19-22-18(17-35-19)26-23(30)27-22)6-3-10-31-12-14-33-15-13-32-11-4-9-25-21(29)7-16-34/h18-19,22,34H,1-17H2,(H,24,28)(H,25,29)(H2,26,27,30)/t18-,19-,22+/m0/s1. The lowest BCUT2D eigenvalue weighted by Crippen LogP contribution is -2.36. The van der Waals surface area contributed by atoms with E-state index in [1.165, 1.54) is 0 Å². The van der Waals surface area contributed by atoms with Gasteiger partial charge < -0.3 is 35.5 Å². The number of rotatable bonds is 21. The molecule has 0 aromatic heterocycles. The van der Waals surface area contributed by atoms with E-state index in [1.807, 2.05) is 11.8 Å². The fraction of sp³-hybridized carbons (Fsp3) is 0.870. The van der Waals surface area contributed by atoms with Gasteiger partial charge in [-0.05, 0) is 31.4 Å². The van der Waals surface area contributed by atoms with Gasteiger partial charge in [-0.15, -0.1) is 0 Å². The maximum Gasteiger partial charge on any atom is 0.315 e. The molecule has 0 radical (unpaired) electrons. The fourth-order valence-corrected chi connectivity index (χ4v) is 5.65. The second kappa shape index (κ2) is 19.0. The average Bonchev–Trinajstić information content (AvgIpc) is 3.38. The molecule has 4 amide bonds. The molecule has 2 aliphatic rings. The number of ether oxygens (including phenoxy) is 3. The van der Waals surface area contributed by atoms with Gasteiger partial charge in [-0.1, -0.05) is 6.42 Å². The summed E-state index contributed by atoms with van der Waals surface area (Å²) < 4.78 is 16.4. The van der Waals surface area contributed by atoms with Crippen molar-refractivity contribution < 1.29 is 28.6 Å². The minimum atomic E-state index is -0.0459. The minimum absolute atomic E-state index is 0.0205. The Balaban J connectivity index is 1.27. The van der Waals surface area contributed by atoms with Crippen molar-refractivity contribution in [2.24, 2.45) is 0 Å². The van der Waals surface area contributed by atoms with Gasteiger partial charge in [0.05, 0.1) is 38.5 Å². The Bertz CT molecular complexity index is 631. The number of fused-ring (bicyclic) bond motifs is 1. The van der Waals surface area contributed by atoms with Crippen LogP contribution in [0.2, 0.25) is 0 Å². The van der Waals surface area contributed by atoms with Crippen LogP contribution >= 0.6 is 24.4 Å². The molecule has 10 nitrogen and oxygen atoms in total. The van der Waals surface area contributed by atoms with E-state index < -0.39 is 0 Å². The summed E-state index contributed by atoms with van der Waals surface area (Å²) in [6.07, 6.45) is 5.41. The highest BCUT2D eigenvalue weighted by molar-refractivity contribution is 8.00. The lowest BCUT2D eigenvalue weighted by atomic mass is 10.0. The Morgan fingerprint density at radius 3 is 2.20 bits per heavy atom. The van der Waals surface area contributed by atoms with Gasteiger partial charge in [0.1, 0.15) is 0 Å². The Kier molecular flexibility index (Phi) is 16.3. The van der Waals surface area contributed by atoms with Gasteiger partial charge in [-0.25, -0.2) is 4.79 Å². The zero-order chi connectivity index (χ0) is 25.1. The molecule has 4 N–H and O–H groups in total. The van der Waals surface area contributed by atoms with Crippen LogP contribution in [-0.2, 0) is 23.8 Å². The van der Waals surface area contributed by atoms with E-state index in [2.05, 4.69) is 33.9 Å². The second-order valence-electron chi connectivity index (χ2n) is 8.59. The number of thiol groups is 1. The molecule has 12 heteroatoms. The third kappa shape index (κ3) is 13.6. The van der Waals surface area contributed by atoms with Gasteiger partial charge in [0.2, 0.25) is 11.8 Å². The summed E-state index contributed by atoms with van der Waals surface area (Å²) in [5, 5.41) is 12.2. The number of urea groups is 1. The number of unbranched alkanes of at least 4 members (excludes halogenated alkanes) is 1. The molecule has 0 aromatic carbocycles. The van der Waals surface area contributed by atoms with Gasteiger partial charge in [-0.2, -0.15) is 24.4 Å². The molecule has 0 unspecified atom stereocenters. The maximum atomic E-state index is 11.9. The van der Waals surface area contributed by atoms with E-state index >= 15 is 0 Å². The maximum absolute atomic E-state index is 11.9. The van der Waals surface area contributed by atoms with Crippen LogP contribution in [0.3, 0.4) is 0 Å². The predicted molar refractivity (Wildman–Crippen MR) is 140 cm³/mol. The third-order valence-corrected chi connectivity index (χ3v) is 7.47. The lowest BCUT2D eigenvalue weighted by Gasteiger charge is -2.16. The van der Waals surface area contributed by atoms with Crippen LogP contribution in [0.1, 0.15) is 44.9 Å². The number of nitrogens with one attached hydrogen (secondary N) is 4. The van der Waals surface area contributed by atoms with Crippen molar-refractivity contribution in [2.45, 2.75) is 62.3 Å². The smallest absolute Gasteiger partial charge is 0.315 e. The van der Waals surface area contributed by atoms with Crippen LogP contribution in [0.4, 0.5) is 4.79 Å². The molecular weight excluding hydrogens is 492 g/mol. The van der Waals surface area contributed by atoms with Gasteiger partial charge in [0.15, 0.2) is 0 Å². The summed E-state index contributed by atoms with van der Waals surface area (Å²) in [5.41, 5.74) is 0. The third-order valence-electron chi connectivity index (χ3n) is 5.74. The monoisotopic (exact) mass is 534 g/mol. The molecule has 0 spiro atoms. The molecule has 0 aromatic rings. The van der Waals surface area contributed by atoms with Gasteiger partial charge in [-0.3, -0.25) is 9.59 Å². The molecule has 202 valence electrons. The van der Waals surface area contributed by atoms with E-state index in [0.717, 1.165) is 31.4 Å². The SMILES string of the molecule is O=C(CCS)NCCCOCCOCCOCCCC(=O)NCCCC[C@@H]1SC[C@@H]2NC(=O)N[C@H]21. The van der Waals surface area contributed by atoms with Crippen molar-refractivity contribution >= 4 is 42.2 Å². The lowest BCUT2D eigenvalue weighted by molar-refractivity contribution is -0.122. The molecule has 0 aliphatic carbocycles. The van der Waals surface area contributed by atoms with E-state index in [0.29, 0.717) is 83.0 Å². The average molecular weight is 535 g/mol. The molecular formula is C23H42N4O6S2. The van der Waals surface area contributed by atoms with Crippen molar-refractivity contribution in [3.05, 3.63) is 0 Å². The van der Waals surface area contributed by atoms with Crippen molar-refractivity contribution in [1.29, 1.82) is 0 Å². The van der Waals surface area contributed by atoms with Crippen molar-refractivity contribution in [3.8, 4) is 0 Å². The Morgan fingerprint density at radius 2 is 1.49 bits per heavy atom. The molecule has 35 heavy (non-hydrogen) atoms. The largest absolute Gasteiger partial charge is 0.379 e. The highest BCUT2D eigenvalue weighted by atomic mass is 32.2. The first-order chi connectivity index (χ1) is 17.1. The van der Waals surface area contributed by atoms with E-state index in [1.54, 1.807) is 0 Å². The van der Waals surface area contributed by atoms with E-state index in [4.69, 9.17) is 14.2 Å². The van der Waals surface area contributed by atoms with Crippen LogP contribution in [0, 0.1) is 0 Å². The highest BCUT2D eigenvalue weighted by Gasteiger charge is 2.42. The van der Waals surface area contributed by atoms with Crippen LogP contribution in [-0.4, -0.2) is 99.4 Å². The van der Waals surface area contributed by atoms with E-state index in [9.17, 15) is 14.4 Å². The zero-order valence-corrected chi connectivity index (χ0v) is 22.3. The van der Waals surface area contributed by atoms with Crippen LogP contribution < -0.4 is 21.3 Å². The summed E-state index contributed by atoms with van der Waals surface area (Å²) >= 11 is 5.94. The Morgan fingerprint density at radius 1 is 0.857 bits per heavy atom. The van der Waals surface area contributed by atoms with Crippen molar-refractivity contribution in [2.75, 3.05) is 64.2 Å². The molecule has 0 saturated carbocycles. The molecule has 3 atom stereocenters. The Labute approximate surface area is 218 Å². The number of carbonyl (C=O) groups excluding carboxylic acids is 3. The summed E-state index contributed by atoms with van der Waals surface area (Å²) in [6.45, 7) is 4.43. The number of hydrogen-bond acceptors (Lipinski definition) is 8. The second-order valence-corrected chi connectivity index (χ2v) is 10.3. The molecule has 2 fully saturated rings. The topological polar surface area (TPSA) is 127 Å². The number of carbonyl (C=O) groups is 3. The summed E-state index contributed by atoms with van der Waals surface area (Å²) in [7, 11) is 0. The predicted octanol–water partition coefficient (Wildman–Crippen LogP) is 1.09. The van der Waals surface area contributed by atoms with E-state index in [-0.39, 0.29) is 29.9 Å². The normalized spacial score (nSPS) is 20.8. The molecule has 2 saturated heterocycles. The first-order valence-corrected chi connectivity index (χ1v) is 14.3. The summed E-state index contributed by atoms with van der Waals surface area (Å²) in [6, 6.07) is 0.474. The van der Waals surface area contributed by atoms with Crippen LogP contribution in [0.15, 0.2) is 0 Å². The number of amides is 4. The van der Waals surface area contributed by atoms with Crippen molar-refractivity contribution in [1.82, 2.24) is 21.3 Å². The molecule has 2 heterocycles. The molecule has 2 aliphatic heterocycles. The first-order valence-electron chi connectivity index (χ1n) is 12.7. The number of thioether (sulfide) groups is 1. The summed E-state index contributed by atoms with van der Waals surface area (Å²) in [5.74, 6) is 1.62. The zero-order valence-electron chi connectivity index (χ0n) is 20.6. The molecule has 2 rings (SSSR count). The summed E-state index contributed by atoms with van der Waals surface area (Å²) in [4.78, 5) is 34.6. The van der Waals surface area contributed by atoms with Gasteiger partial charge in [0.25, 0.3) is 0 Å². The van der Waals surface area contributed by atoms with Crippen LogP contribution in [0.5, 0.6) is 0 Å². The van der Waals surface area contributed by atoms with Gasteiger partial charge >= 0.3 is 6.03 Å². The van der Waals surface area contributed by atoms with Gasteiger partial charge in [0, 0.05) is 50.1 Å². The molecule has 0 bridgehead atoms. The fourth-order valence-electron chi connectivity index (χ4n) is 3.90.